The standard InChI is InChI=1S/C26H44N4/c1-18-11-13-26(4,20(15-18)16-28-21-7-5-6-8-21)24-12-14-25(3)19(2)9-10-23(25)22(24)17-29-30-27/h18,20-24,28H,2,5-17H2,1,3-4H3/t18-,20+,22-,23?,24?,25+,26-/m0/s1. The van der Waals surface area contributed by atoms with Gasteiger partial charge in [-0.25, -0.2) is 0 Å². The van der Waals surface area contributed by atoms with E-state index in [-0.39, 0.29) is 5.41 Å². The molecule has 4 saturated carbocycles. The van der Waals surface area contributed by atoms with Gasteiger partial charge in [-0.15, -0.1) is 0 Å². The molecule has 2 unspecified atom stereocenters. The SMILES string of the molecule is C=C1CCC2[C@H](CN=[N+]=[N-])C([C@@]3(C)CC[C@H](C)C[C@@H]3CNC3CCCC3)CC[C@]12C. The number of nitrogens with zero attached hydrogens (tertiary/aromatic N) is 3. The Morgan fingerprint density at radius 2 is 1.87 bits per heavy atom. The molecule has 0 radical (unpaired) electrons. The number of allylic oxidation sites excluding steroid dienone is 1. The fourth-order valence-corrected chi connectivity index (χ4v) is 8.28. The fraction of sp³-hybridized carbons (Fsp3) is 0.923. The Bertz CT molecular complexity index is 677. The molecule has 0 heterocycles. The van der Waals surface area contributed by atoms with Gasteiger partial charge in [-0.2, -0.15) is 0 Å². The Morgan fingerprint density at radius 1 is 1.10 bits per heavy atom. The number of fused-ring (bicyclic) bond motifs is 1. The smallest absolute Gasteiger partial charge is 0.0292 e. The van der Waals surface area contributed by atoms with Gasteiger partial charge in [0.15, 0.2) is 0 Å². The van der Waals surface area contributed by atoms with Crippen molar-refractivity contribution in [2.24, 2.45) is 45.5 Å². The molecular weight excluding hydrogens is 368 g/mol. The van der Waals surface area contributed by atoms with Crippen molar-refractivity contribution in [1.29, 1.82) is 0 Å². The molecule has 168 valence electrons. The Balaban J connectivity index is 1.58. The number of rotatable bonds is 6. The van der Waals surface area contributed by atoms with Crippen LogP contribution in [-0.2, 0) is 0 Å². The lowest BCUT2D eigenvalue weighted by molar-refractivity contribution is -0.0633. The number of hydrogen-bond acceptors (Lipinski definition) is 2. The van der Waals surface area contributed by atoms with E-state index in [4.69, 9.17) is 5.53 Å². The van der Waals surface area contributed by atoms with Crippen molar-refractivity contribution in [3.63, 3.8) is 0 Å². The van der Waals surface area contributed by atoms with Gasteiger partial charge in [-0.3, -0.25) is 0 Å². The van der Waals surface area contributed by atoms with Crippen LogP contribution in [0.5, 0.6) is 0 Å². The molecule has 4 fully saturated rings. The van der Waals surface area contributed by atoms with E-state index in [2.05, 4.69) is 42.7 Å². The predicted molar refractivity (Wildman–Crippen MR) is 125 cm³/mol. The Morgan fingerprint density at radius 3 is 2.60 bits per heavy atom. The summed E-state index contributed by atoms with van der Waals surface area (Å²) in [5.41, 5.74) is 11.2. The van der Waals surface area contributed by atoms with E-state index in [1.165, 1.54) is 82.7 Å². The monoisotopic (exact) mass is 412 g/mol. The van der Waals surface area contributed by atoms with Crippen LogP contribution < -0.4 is 5.32 Å². The lowest BCUT2D eigenvalue weighted by Crippen LogP contribution is -2.52. The van der Waals surface area contributed by atoms with Gasteiger partial charge in [0.1, 0.15) is 0 Å². The van der Waals surface area contributed by atoms with Crippen LogP contribution in [0.2, 0.25) is 0 Å². The molecule has 0 amide bonds. The van der Waals surface area contributed by atoms with E-state index in [0.717, 1.165) is 17.9 Å². The quantitative estimate of drug-likeness (QED) is 0.212. The molecule has 0 bridgehead atoms. The molecular formula is C26H44N4. The summed E-state index contributed by atoms with van der Waals surface area (Å²) >= 11 is 0. The highest BCUT2D eigenvalue weighted by molar-refractivity contribution is 5.21. The second-order valence-electron chi connectivity index (χ2n) is 11.9. The van der Waals surface area contributed by atoms with Gasteiger partial charge in [0.2, 0.25) is 0 Å². The van der Waals surface area contributed by atoms with Crippen LogP contribution in [0.1, 0.15) is 91.4 Å². The minimum absolute atomic E-state index is 0.266. The first-order valence-corrected chi connectivity index (χ1v) is 12.8. The van der Waals surface area contributed by atoms with E-state index in [1.807, 2.05) is 0 Å². The first-order chi connectivity index (χ1) is 14.4. The van der Waals surface area contributed by atoms with Gasteiger partial charge >= 0.3 is 0 Å². The fourth-order valence-electron chi connectivity index (χ4n) is 8.28. The maximum Gasteiger partial charge on any atom is 0.0292 e. The highest BCUT2D eigenvalue weighted by Gasteiger charge is 2.56. The van der Waals surface area contributed by atoms with Crippen molar-refractivity contribution in [2.75, 3.05) is 13.1 Å². The molecule has 4 heteroatoms. The minimum atomic E-state index is 0.266. The summed E-state index contributed by atoms with van der Waals surface area (Å²) in [5.74, 6) is 3.42. The van der Waals surface area contributed by atoms with Gasteiger partial charge in [-0.05, 0) is 104 Å². The van der Waals surface area contributed by atoms with Crippen molar-refractivity contribution in [1.82, 2.24) is 5.32 Å². The second kappa shape index (κ2) is 8.87. The molecule has 30 heavy (non-hydrogen) atoms. The lowest BCUT2D eigenvalue weighted by atomic mass is 9.48. The van der Waals surface area contributed by atoms with Crippen LogP contribution in [0.25, 0.3) is 10.4 Å². The van der Waals surface area contributed by atoms with E-state index in [9.17, 15) is 0 Å². The molecule has 0 aromatic heterocycles. The Hall–Kier alpha value is -0.990. The molecule has 1 N–H and O–H groups in total. The van der Waals surface area contributed by atoms with Gasteiger partial charge in [-0.1, -0.05) is 57.3 Å². The minimum Gasteiger partial charge on any atom is -0.314 e. The first-order valence-electron chi connectivity index (χ1n) is 12.8. The third kappa shape index (κ3) is 3.95. The Kier molecular flexibility index (Phi) is 6.56. The highest BCUT2D eigenvalue weighted by Crippen LogP contribution is 2.63. The molecule has 0 aliphatic heterocycles. The van der Waals surface area contributed by atoms with E-state index in [0.29, 0.717) is 29.7 Å². The second-order valence-corrected chi connectivity index (χ2v) is 11.9. The average molecular weight is 413 g/mol. The first kappa shape index (κ1) is 22.2. The zero-order chi connectivity index (χ0) is 21.4. The van der Waals surface area contributed by atoms with Crippen LogP contribution >= 0.6 is 0 Å². The maximum absolute atomic E-state index is 9.14. The average Bonchev–Trinajstić information content (AvgIpc) is 3.35. The summed E-state index contributed by atoms with van der Waals surface area (Å²) in [6.45, 7) is 13.9. The zero-order valence-corrected chi connectivity index (χ0v) is 19.7. The third-order valence-electron chi connectivity index (χ3n) is 10.4. The van der Waals surface area contributed by atoms with Gasteiger partial charge in [0.25, 0.3) is 0 Å². The number of azide groups is 1. The van der Waals surface area contributed by atoms with E-state index < -0.39 is 0 Å². The summed E-state index contributed by atoms with van der Waals surface area (Å²) in [6, 6.07) is 0.748. The largest absolute Gasteiger partial charge is 0.314 e. The van der Waals surface area contributed by atoms with Gasteiger partial charge in [0.05, 0.1) is 0 Å². The normalized spacial score (nSPS) is 44.6. The van der Waals surface area contributed by atoms with E-state index >= 15 is 0 Å². The van der Waals surface area contributed by atoms with Crippen LogP contribution in [0, 0.1) is 40.4 Å². The van der Waals surface area contributed by atoms with Crippen LogP contribution in [-0.4, -0.2) is 19.1 Å². The molecule has 4 rings (SSSR count). The Labute approximate surface area is 184 Å². The summed E-state index contributed by atoms with van der Waals surface area (Å²) in [4.78, 5) is 3.20. The van der Waals surface area contributed by atoms with Gasteiger partial charge in [0, 0.05) is 17.5 Å². The van der Waals surface area contributed by atoms with Crippen molar-refractivity contribution in [2.45, 2.75) is 97.4 Å². The summed E-state index contributed by atoms with van der Waals surface area (Å²) in [6.07, 6.45) is 14.6. The number of nitrogens with one attached hydrogen (secondary N) is 1. The molecule has 0 saturated heterocycles. The van der Waals surface area contributed by atoms with E-state index in [1.54, 1.807) is 0 Å². The topological polar surface area (TPSA) is 60.8 Å². The molecule has 4 aliphatic rings. The predicted octanol–water partition coefficient (Wildman–Crippen LogP) is 7.27. The summed E-state index contributed by atoms with van der Waals surface area (Å²) in [7, 11) is 0. The van der Waals surface area contributed by atoms with Crippen LogP contribution in [0.4, 0.5) is 0 Å². The molecule has 4 nitrogen and oxygen atoms in total. The molecule has 0 aromatic rings. The lowest BCUT2D eigenvalue weighted by Gasteiger charge is -2.57. The van der Waals surface area contributed by atoms with Crippen molar-refractivity contribution >= 4 is 0 Å². The van der Waals surface area contributed by atoms with Crippen LogP contribution in [0.15, 0.2) is 17.3 Å². The third-order valence-corrected chi connectivity index (χ3v) is 10.4. The number of hydrogen-bond donors (Lipinski definition) is 1. The zero-order valence-electron chi connectivity index (χ0n) is 19.7. The summed E-state index contributed by atoms with van der Waals surface area (Å²) in [5, 5.41) is 8.16. The highest BCUT2D eigenvalue weighted by atomic mass is 15.1. The molecule has 0 aromatic carbocycles. The van der Waals surface area contributed by atoms with Crippen molar-refractivity contribution < 1.29 is 0 Å². The maximum atomic E-state index is 9.14. The van der Waals surface area contributed by atoms with Crippen molar-refractivity contribution in [3.8, 4) is 0 Å². The molecule has 7 atom stereocenters. The molecule has 0 spiro atoms. The molecule has 4 aliphatic carbocycles. The van der Waals surface area contributed by atoms with Gasteiger partial charge < -0.3 is 5.32 Å². The summed E-state index contributed by atoms with van der Waals surface area (Å²) < 4.78 is 0. The van der Waals surface area contributed by atoms with Crippen LogP contribution in [0.3, 0.4) is 0 Å². The van der Waals surface area contributed by atoms with Crippen molar-refractivity contribution in [3.05, 3.63) is 22.6 Å².